The van der Waals surface area contributed by atoms with Gasteiger partial charge in [0.05, 0.1) is 0 Å². The van der Waals surface area contributed by atoms with E-state index in [1.165, 1.54) is 16.8 Å². The summed E-state index contributed by atoms with van der Waals surface area (Å²) in [4.78, 5) is 0. The Kier molecular flexibility index (Phi) is 3.11. The summed E-state index contributed by atoms with van der Waals surface area (Å²) in [6, 6.07) is 6.23. The maximum absolute atomic E-state index is 4.94. The molecule has 0 aliphatic heterocycles. The Hall–Kier alpha value is -1.02. The van der Waals surface area contributed by atoms with E-state index < -0.39 is 0 Å². The Labute approximate surface area is 73.6 Å². The minimum absolute atomic E-state index is 0.561. The minimum Gasteiger partial charge on any atom is -0.365 e. The molecule has 1 aromatic rings. The quantitative estimate of drug-likeness (QED) is 0.694. The number of anilines is 1. The fourth-order valence-electron chi connectivity index (χ4n) is 1.24. The molecule has 0 radical (unpaired) electrons. The molecule has 0 unspecified atom stereocenters. The van der Waals surface area contributed by atoms with Crippen molar-refractivity contribution in [2.24, 2.45) is 0 Å². The molecule has 0 amide bonds. The van der Waals surface area contributed by atoms with Crippen molar-refractivity contribution in [1.29, 1.82) is 0 Å². The third-order valence-corrected chi connectivity index (χ3v) is 1.87. The highest BCUT2D eigenvalue weighted by molar-refractivity contribution is 5.56. The minimum atomic E-state index is 0.561. The van der Waals surface area contributed by atoms with Gasteiger partial charge >= 0.3 is 0 Å². The van der Waals surface area contributed by atoms with Gasteiger partial charge in [0, 0.05) is 12.8 Å². The molecule has 2 heteroatoms. The Morgan fingerprint density at radius 2 is 1.83 bits per heavy atom. The molecule has 0 bridgehead atoms. The van der Waals surface area contributed by atoms with Crippen LogP contribution in [0.25, 0.3) is 0 Å². The number of hydrogen-bond acceptors (Lipinski definition) is 2. The van der Waals surface area contributed by atoms with E-state index in [1.54, 1.807) is 7.11 Å². The number of hydrogen-bond donors (Lipinski definition) is 1. The summed E-state index contributed by atoms with van der Waals surface area (Å²) < 4.78 is 4.94. The predicted octanol–water partition coefficient (Wildman–Crippen LogP) is 2.32. The van der Waals surface area contributed by atoms with E-state index in [-0.39, 0.29) is 0 Å². The molecule has 0 aliphatic rings. The van der Waals surface area contributed by atoms with Crippen LogP contribution in [0.1, 0.15) is 11.1 Å². The van der Waals surface area contributed by atoms with Gasteiger partial charge in [-0.1, -0.05) is 18.2 Å². The molecule has 2 nitrogen and oxygen atoms in total. The summed E-state index contributed by atoms with van der Waals surface area (Å²) >= 11 is 0. The van der Waals surface area contributed by atoms with E-state index in [9.17, 15) is 0 Å². The zero-order chi connectivity index (χ0) is 8.97. The van der Waals surface area contributed by atoms with Crippen LogP contribution in [-0.2, 0) is 4.74 Å². The third-order valence-electron chi connectivity index (χ3n) is 1.87. The molecule has 0 saturated heterocycles. The molecule has 0 heterocycles. The zero-order valence-electron chi connectivity index (χ0n) is 7.85. The van der Waals surface area contributed by atoms with Gasteiger partial charge in [-0.3, -0.25) is 0 Å². The summed E-state index contributed by atoms with van der Waals surface area (Å²) in [5.41, 5.74) is 3.69. The number of benzene rings is 1. The second-order valence-corrected chi connectivity index (χ2v) is 2.88. The molecule has 66 valence electrons. The highest BCUT2D eigenvalue weighted by Gasteiger charge is 1.98. The van der Waals surface area contributed by atoms with Crippen LogP contribution in [0.3, 0.4) is 0 Å². The van der Waals surface area contributed by atoms with Gasteiger partial charge in [-0.15, -0.1) is 0 Å². The highest BCUT2D eigenvalue weighted by Crippen LogP contribution is 2.18. The first kappa shape index (κ1) is 9.07. The van der Waals surface area contributed by atoms with Gasteiger partial charge in [-0.25, -0.2) is 0 Å². The zero-order valence-corrected chi connectivity index (χ0v) is 7.85. The number of aryl methyl sites for hydroxylation is 2. The van der Waals surface area contributed by atoms with Crippen molar-refractivity contribution in [1.82, 2.24) is 0 Å². The molecule has 0 aliphatic carbocycles. The number of nitrogens with one attached hydrogen (secondary N) is 1. The smallest absolute Gasteiger partial charge is 0.116 e. The van der Waals surface area contributed by atoms with Gasteiger partial charge < -0.3 is 10.1 Å². The first-order chi connectivity index (χ1) is 5.75. The average Bonchev–Trinajstić information content (AvgIpc) is 2.04. The van der Waals surface area contributed by atoms with E-state index in [2.05, 4.69) is 37.4 Å². The van der Waals surface area contributed by atoms with Crippen LogP contribution in [0.15, 0.2) is 18.2 Å². The summed E-state index contributed by atoms with van der Waals surface area (Å²) in [6.07, 6.45) is 0. The topological polar surface area (TPSA) is 21.3 Å². The van der Waals surface area contributed by atoms with Crippen molar-refractivity contribution in [3.05, 3.63) is 29.3 Å². The van der Waals surface area contributed by atoms with E-state index in [0.29, 0.717) is 6.73 Å². The molecular formula is C10H15NO. The lowest BCUT2D eigenvalue weighted by molar-refractivity contribution is 0.221. The maximum atomic E-state index is 4.94. The van der Waals surface area contributed by atoms with Crippen LogP contribution in [0, 0.1) is 13.8 Å². The van der Waals surface area contributed by atoms with Crippen molar-refractivity contribution < 1.29 is 4.74 Å². The van der Waals surface area contributed by atoms with Gasteiger partial charge in [-0.05, 0) is 25.0 Å². The fraction of sp³-hybridized carbons (Fsp3) is 0.400. The first-order valence-corrected chi connectivity index (χ1v) is 4.04. The third kappa shape index (κ3) is 1.98. The van der Waals surface area contributed by atoms with Crippen molar-refractivity contribution in [3.8, 4) is 0 Å². The first-order valence-electron chi connectivity index (χ1n) is 4.04. The molecule has 1 rings (SSSR count). The average molecular weight is 165 g/mol. The van der Waals surface area contributed by atoms with Crippen LogP contribution in [-0.4, -0.2) is 13.8 Å². The Morgan fingerprint density at radius 1 is 1.25 bits per heavy atom. The summed E-state index contributed by atoms with van der Waals surface area (Å²) in [5.74, 6) is 0. The standard InChI is InChI=1S/C10H15NO/c1-8-5-4-6-9(2)10(8)11-7-12-3/h4-6,11H,7H2,1-3H3. The molecule has 0 aromatic heterocycles. The molecule has 12 heavy (non-hydrogen) atoms. The number of ether oxygens (including phenoxy) is 1. The van der Waals surface area contributed by atoms with Crippen molar-refractivity contribution >= 4 is 5.69 Å². The van der Waals surface area contributed by atoms with Gasteiger partial charge in [0.15, 0.2) is 0 Å². The van der Waals surface area contributed by atoms with E-state index in [0.717, 1.165) is 0 Å². The van der Waals surface area contributed by atoms with Crippen molar-refractivity contribution in [2.45, 2.75) is 13.8 Å². The van der Waals surface area contributed by atoms with Gasteiger partial charge in [-0.2, -0.15) is 0 Å². The van der Waals surface area contributed by atoms with E-state index in [1.807, 2.05) is 0 Å². The van der Waals surface area contributed by atoms with E-state index in [4.69, 9.17) is 4.74 Å². The fourth-order valence-corrected chi connectivity index (χ4v) is 1.24. The summed E-state index contributed by atoms with van der Waals surface area (Å²) in [5, 5.41) is 3.21. The molecule has 0 fully saturated rings. The maximum Gasteiger partial charge on any atom is 0.116 e. The lowest BCUT2D eigenvalue weighted by atomic mass is 10.1. The lowest BCUT2D eigenvalue weighted by Gasteiger charge is -2.10. The second-order valence-electron chi connectivity index (χ2n) is 2.88. The van der Waals surface area contributed by atoms with Crippen LogP contribution >= 0.6 is 0 Å². The predicted molar refractivity (Wildman–Crippen MR) is 51.4 cm³/mol. The van der Waals surface area contributed by atoms with Crippen molar-refractivity contribution in [3.63, 3.8) is 0 Å². The Morgan fingerprint density at radius 3 is 2.33 bits per heavy atom. The van der Waals surface area contributed by atoms with Crippen LogP contribution < -0.4 is 5.32 Å². The second kappa shape index (κ2) is 4.12. The van der Waals surface area contributed by atoms with Crippen LogP contribution in [0.4, 0.5) is 5.69 Å². The number of para-hydroxylation sites is 1. The van der Waals surface area contributed by atoms with E-state index >= 15 is 0 Å². The van der Waals surface area contributed by atoms with Crippen LogP contribution in [0.2, 0.25) is 0 Å². The molecule has 0 spiro atoms. The molecule has 1 aromatic carbocycles. The highest BCUT2D eigenvalue weighted by atomic mass is 16.5. The van der Waals surface area contributed by atoms with Gasteiger partial charge in [0.25, 0.3) is 0 Å². The SMILES string of the molecule is COCNc1c(C)cccc1C. The monoisotopic (exact) mass is 165 g/mol. The summed E-state index contributed by atoms with van der Waals surface area (Å²) in [7, 11) is 1.68. The normalized spacial score (nSPS) is 9.92. The van der Waals surface area contributed by atoms with Crippen LogP contribution in [0.5, 0.6) is 0 Å². The number of rotatable bonds is 3. The van der Waals surface area contributed by atoms with Gasteiger partial charge in [0.1, 0.15) is 6.73 Å². The molecule has 0 atom stereocenters. The largest absolute Gasteiger partial charge is 0.365 e. The Bertz CT molecular complexity index is 238. The van der Waals surface area contributed by atoms with Gasteiger partial charge in [0.2, 0.25) is 0 Å². The molecular weight excluding hydrogens is 150 g/mol. The molecule has 1 N–H and O–H groups in total. The van der Waals surface area contributed by atoms with Crippen molar-refractivity contribution in [2.75, 3.05) is 19.2 Å². The molecule has 0 saturated carbocycles. The summed E-state index contributed by atoms with van der Waals surface area (Å²) in [6.45, 7) is 4.74. The Balaban J connectivity index is 2.81. The number of methoxy groups -OCH3 is 1. The lowest BCUT2D eigenvalue weighted by Crippen LogP contribution is -2.05.